The van der Waals surface area contributed by atoms with Crippen LogP contribution in [0.15, 0.2) is 18.2 Å². The third-order valence-electron chi connectivity index (χ3n) is 3.53. The van der Waals surface area contributed by atoms with Gasteiger partial charge in [0.15, 0.2) is 0 Å². The molecule has 20 heavy (non-hydrogen) atoms. The van der Waals surface area contributed by atoms with E-state index in [4.69, 9.17) is 0 Å². The number of rotatable bonds is 4. The van der Waals surface area contributed by atoms with Crippen LogP contribution in [0.3, 0.4) is 0 Å². The summed E-state index contributed by atoms with van der Waals surface area (Å²) in [5.41, 5.74) is 2.49. The fourth-order valence-corrected chi connectivity index (χ4v) is 2.05. The molecule has 1 N–H and O–H groups in total. The predicted molar refractivity (Wildman–Crippen MR) is 78.9 cm³/mol. The maximum absolute atomic E-state index is 11.9. The van der Waals surface area contributed by atoms with Crippen molar-refractivity contribution in [2.75, 3.05) is 39.0 Å². The van der Waals surface area contributed by atoms with Crippen molar-refractivity contribution >= 4 is 17.5 Å². The van der Waals surface area contributed by atoms with Crippen LogP contribution >= 0.6 is 0 Å². The van der Waals surface area contributed by atoms with Crippen LogP contribution in [0.25, 0.3) is 0 Å². The summed E-state index contributed by atoms with van der Waals surface area (Å²) in [6.07, 6.45) is 1.09. The molecule has 1 heterocycles. The third-order valence-corrected chi connectivity index (χ3v) is 3.53. The number of anilines is 1. The van der Waals surface area contributed by atoms with E-state index in [1.54, 1.807) is 31.1 Å². The Hall–Kier alpha value is -2.04. The van der Waals surface area contributed by atoms with E-state index in [0.717, 1.165) is 30.8 Å². The Kier molecular flexibility index (Phi) is 4.27. The topological polar surface area (TPSA) is 52.7 Å². The van der Waals surface area contributed by atoms with Crippen molar-refractivity contribution in [1.82, 2.24) is 9.80 Å². The van der Waals surface area contributed by atoms with Gasteiger partial charge >= 0.3 is 0 Å². The molecule has 1 aromatic rings. The minimum absolute atomic E-state index is 0.0397. The van der Waals surface area contributed by atoms with Crippen LogP contribution in [-0.4, -0.2) is 55.3 Å². The van der Waals surface area contributed by atoms with E-state index >= 15 is 0 Å². The molecule has 2 rings (SSSR count). The van der Waals surface area contributed by atoms with Crippen LogP contribution in [0, 0.1) is 6.92 Å². The maximum atomic E-state index is 11.9. The number of hydrogen-bond donors (Lipinski definition) is 1. The van der Waals surface area contributed by atoms with Gasteiger partial charge in [-0.3, -0.25) is 9.59 Å². The number of hydrogen-bond acceptors (Lipinski definition) is 3. The molecule has 0 atom stereocenters. The highest BCUT2D eigenvalue weighted by atomic mass is 16.2. The quantitative estimate of drug-likeness (QED) is 0.902. The van der Waals surface area contributed by atoms with Gasteiger partial charge < -0.3 is 15.1 Å². The molecule has 1 aliphatic rings. The number of carbonyl (C=O) groups excluding carboxylic acids is 2. The standard InChI is InChI=1S/C15H21N3O2/c1-11-5-6-12(15(20)17(2)3)9-13(11)16-10-14(19)18-7-4-8-18/h5-6,9,16H,4,7-8,10H2,1-3H3. The monoisotopic (exact) mass is 275 g/mol. The lowest BCUT2D eigenvalue weighted by Gasteiger charge is -2.31. The minimum atomic E-state index is -0.0397. The summed E-state index contributed by atoms with van der Waals surface area (Å²) in [7, 11) is 3.45. The van der Waals surface area contributed by atoms with Crippen LogP contribution in [-0.2, 0) is 4.79 Å². The van der Waals surface area contributed by atoms with E-state index in [1.807, 2.05) is 17.9 Å². The number of nitrogens with one attached hydrogen (secondary N) is 1. The molecular weight excluding hydrogens is 254 g/mol. The molecule has 1 aliphatic heterocycles. The largest absolute Gasteiger partial charge is 0.376 e. The van der Waals surface area contributed by atoms with Gasteiger partial charge in [-0.2, -0.15) is 0 Å². The first kappa shape index (κ1) is 14.4. The zero-order chi connectivity index (χ0) is 14.7. The van der Waals surface area contributed by atoms with E-state index in [1.165, 1.54) is 0 Å². The van der Waals surface area contributed by atoms with Crippen molar-refractivity contribution in [2.24, 2.45) is 0 Å². The van der Waals surface area contributed by atoms with Crippen LogP contribution in [0.2, 0.25) is 0 Å². The normalized spacial score (nSPS) is 13.7. The summed E-state index contributed by atoms with van der Waals surface area (Å²) >= 11 is 0. The Morgan fingerprint density at radius 3 is 2.55 bits per heavy atom. The predicted octanol–water partition coefficient (Wildman–Crippen LogP) is 1.34. The summed E-state index contributed by atoms with van der Waals surface area (Å²) in [6.45, 7) is 3.96. The average molecular weight is 275 g/mol. The molecule has 2 amide bonds. The molecule has 1 fully saturated rings. The van der Waals surface area contributed by atoms with E-state index in [0.29, 0.717) is 5.56 Å². The SMILES string of the molecule is Cc1ccc(C(=O)N(C)C)cc1NCC(=O)N1CCC1. The van der Waals surface area contributed by atoms with Crippen molar-refractivity contribution in [3.63, 3.8) is 0 Å². The molecule has 0 radical (unpaired) electrons. The van der Waals surface area contributed by atoms with Crippen LogP contribution < -0.4 is 5.32 Å². The van der Waals surface area contributed by atoms with Gasteiger partial charge in [-0.15, -0.1) is 0 Å². The van der Waals surface area contributed by atoms with Gasteiger partial charge in [0.25, 0.3) is 5.91 Å². The highest BCUT2D eigenvalue weighted by Crippen LogP contribution is 2.18. The maximum Gasteiger partial charge on any atom is 0.253 e. The van der Waals surface area contributed by atoms with Gasteiger partial charge in [0.05, 0.1) is 6.54 Å². The fraction of sp³-hybridized carbons (Fsp3) is 0.467. The van der Waals surface area contributed by atoms with E-state index in [-0.39, 0.29) is 18.4 Å². The second-order valence-electron chi connectivity index (χ2n) is 5.32. The number of aryl methyl sites for hydroxylation is 1. The van der Waals surface area contributed by atoms with E-state index < -0.39 is 0 Å². The van der Waals surface area contributed by atoms with Gasteiger partial charge in [0.1, 0.15) is 0 Å². The Balaban J connectivity index is 2.04. The molecule has 0 spiro atoms. The Morgan fingerprint density at radius 1 is 1.30 bits per heavy atom. The van der Waals surface area contributed by atoms with Crippen molar-refractivity contribution in [2.45, 2.75) is 13.3 Å². The molecule has 1 aromatic carbocycles. The van der Waals surface area contributed by atoms with Gasteiger partial charge in [-0.05, 0) is 31.0 Å². The molecule has 5 heteroatoms. The van der Waals surface area contributed by atoms with Crippen LogP contribution in [0.1, 0.15) is 22.3 Å². The van der Waals surface area contributed by atoms with Gasteiger partial charge in [-0.1, -0.05) is 6.07 Å². The van der Waals surface area contributed by atoms with Crippen molar-refractivity contribution in [3.05, 3.63) is 29.3 Å². The highest BCUT2D eigenvalue weighted by molar-refractivity contribution is 5.95. The smallest absolute Gasteiger partial charge is 0.253 e. The number of benzene rings is 1. The molecule has 0 unspecified atom stereocenters. The minimum Gasteiger partial charge on any atom is -0.376 e. The number of carbonyl (C=O) groups is 2. The summed E-state index contributed by atoms with van der Waals surface area (Å²) in [4.78, 5) is 27.1. The fourth-order valence-electron chi connectivity index (χ4n) is 2.05. The molecule has 0 aromatic heterocycles. The molecule has 0 aliphatic carbocycles. The summed E-state index contributed by atoms with van der Waals surface area (Å²) in [5.74, 6) is 0.0714. The Labute approximate surface area is 119 Å². The number of likely N-dealkylation sites (tertiary alicyclic amines) is 1. The van der Waals surface area contributed by atoms with Gasteiger partial charge in [0.2, 0.25) is 5.91 Å². The third kappa shape index (κ3) is 3.10. The summed E-state index contributed by atoms with van der Waals surface area (Å²) in [6, 6.07) is 5.51. The Bertz CT molecular complexity index is 522. The lowest BCUT2D eigenvalue weighted by molar-refractivity contribution is -0.132. The first-order valence-electron chi connectivity index (χ1n) is 6.83. The lowest BCUT2D eigenvalue weighted by Crippen LogP contribution is -2.44. The van der Waals surface area contributed by atoms with Crippen molar-refractivity contribution < 1.29 is 9.59 Å². The van der Waals surface area contributed by atoms with E-state index in [9.17, 15) is 9.59 Å². The second-order valence-corrected chi connectivity index (χ2v) is 5.32. The zero-order valence-electron chi connectivity index (χ0n) is 12.3. The Morgan fingerprint density at radius 2 is 2.00 bits per heavy atom. The van der Waals surface area contributed by atoms with Crippen molar-refractivity contribution in [3.8, 4) is 0 Å². The lowest BCUT2D eigenvalue weighted by atomic mass is 10.1. The summed E-state index contributed by atoms with van der Waals surface area (Å²) in [5, 5.41) is 3.13. The molecule has 0 saturated carbocycles. The first-order valence-corrected chi connectivity index (χ1v) is 6.83. The molecule has 0 bridgehead atoms. The number of amides is 2. The average Bonchev–Trinajstić information content (AvgIpc) is 2.34. The van der Waals surface area contributed by atoms with Crippen molar-refractivity contribution in [1.29, 1.82) is 0 Å². The molecular formula is C15H21N3O2. The highest BCUT2D eigenvalue weighted by Gasteiger charge is 2.19. The van der Waals surface area contributed by atoms with Crippen LogP contribution in [0.5, 0.6) is 0 Å². The number of nitrogens with zero attached hydrogens (tertiary/aromatic N) is 2. The van der Waals surface area contributed by atoms with Gasteiger partial charge in [-0.25, -0.2) is 0 Å². The van der Waals surface area contributed by atoms with Gasteiger partial charge in [0, 0.05) is 38.4 Å². The molecule has 1 saturated heterocycles. The second kappa shape index (κ2) is 5.94. The van der Waals surface area contributed by atoms with E-state index in [2.05, 4.69) is 5.32 Å². The zero-order valence-corrected chi connectivity index (χ0v) is 12.3. The van der Waals surface area contributed by atoms with Crippen LogP contribution in [0.4, 0.5) is 5.69 Å². The first-order chi connectivity index (χ1) is 9.49. The molecule has 108 valence electrons. The molecule has 5 nitrogen and oxygen atoms in total. The summed E-state index contributed by atoms with van der Waals surface area (Å²) < 4.78 is 0.